The maximum Gasteiger partial charge on any atom is 0.315 e. The van der Waals surface area contributed by atoms with Crippen molar-refractivity contribution < 1.29 is 4.79 Å². The predicted molar refractivity (Wildman–Crippen MR) is 95.2 cm³/mol. The highest BCUT2D eigenvalue weighted by Gasteiger charge is 2.38. The molecular weight excluding hydrogens is 314 g/mol. The van der Waals surface area contributed by atoms with Crippen molar-refractivity contribution in [3.63, 3.8) is 0 Å². The summed E-state index contributed by atoms with van der Waals surface area (Å²) in [5.41, 5.74) is 0.939. The van der Waals surface area contributed by atoms with Crippen molar-refractivity contribution >= 4 is 6.03 Å². The first kappa shape index (κ1) is 16.1. The molecular formula is C19H25N5O. The fourth-order valence-electron chi connectivity index (χ4n) is 4.51. The Labute approximate surface area is 148 Å². The summed E-state index contributed by atoms with van der Waals surface area (Å²) in [7, 11) is 0. The molecule has 132 valence electrons. The van der Waals surface area contributed by atoms with Gasteiger partial charge in [0, 0.05) is 37.2 Å². The monoisotopic (exact) mass is 339 g/mol. The van der Waals surface area contributed by atoms with Gasteiger partial charge in [0.25, 0.3) is 0 Å². The fraction of sp³-hybridized carbons (Fsp3) is 0.526. The lowest BCUT2D eigenvalue weighted by atomic mass is 9.86. The Morgan fingerprint density at radius 1 is 1.20 bits per heavy atom. The summed E-state index contributed by atoms with van der Waals surface area (Å²) in [6, 6.07) is 5.57. The molecule has 0 aliphatic heterocycles. The third-order valence-electron chi connectivity index (χ3n) is 5.71. The normalized spacial score (nSPS) is 24.4. The number of nitrogens with one attached hydrogen (secondary N) is 2. The van der Waals surface area contributed by atoms with Crippen LogP contribution in [0, 0.1) is 17.8 Å². The molecule has 0 radical (unpaired) electrons. The molecule has 2 N–H and O–H groups in total. The maximum absolute atomic E-state index is 12.1. The number of rotatable bonds is 6. The van der Waals surface area contributed by atoms with Crippen molar-refractivity contribution in [1.82, 2.24) is 25.4 Å². The van der Waals surface area contributed by atoms with Gasteiger partial charge in [0.1, 0.15) is 0 Å². The molecule has 6 nitrogen and oxygen atoms in total. The van der Waals surface area contributed by atoms with E-state index in [4.69, 9.17) is 0 Å². The second-order valence-electron chi connectivity index (χ2n) is 7.27. The molecule has 2 saturated carbocycles. The molecule has 2 aromatic rings. The minimum atomic E-state index is -0.113. The molecule has 0 saturated heterocycles. The number of carbonyl (C=O) groups is 1. The van der Waals surface area contributed by atoms with Crippen molar-refractivity contribution in [2.75, 3.05) is 6.54 Å². The van der Waals surface area contributed by atoms with E-state index in [1.54, 1.807) is 17.1 Å². The summed E-state index contributed by atoms with van der Waals surface area (Å²) in [4.78, 5) is 16.4. The molecule has 6 heteroatoms. The summed E-state index contributed by atoms with van der Waals surface area (Å²) in [5.74, 6) is 3.45. The number of nitrogens with zero attached hydrogens (tertiary/aromatic N) is 3. The van der Waals surface area contributed by atoms with E-state index in [1.165, 1.54) is 25.7 Å². The van der Waals surface area contributed by atoms with E-state index in [9.17, 15) is 4.79 Å². The molecule has 2 aromatic heterocycles. The Hall–Kier alpha value is -2.37. The van der Waals surface area contributed by atoms with Crippen LogP contribution in [0.5, 0.6) is 0 Å². The first-order valence-electron chi connectivity index (χ1n) is 9.25. The second-order valence-corrected chi connectivity index (χ2v) is 7.27. The highest BCUT2D eigenvalue weighted by Crippen LogP contribution is 2.49. The number of amides is 2. The molecule has 0 spiro atoms. The van der Waals surface area contributed by atoms with Gasteiger partial charge in [-0.05, 0) is 55.6 Å². The minimum absolute atomic E-state index is 0.113. The molecule has 4 rings (SSSR count). The largest absolute Gasteiger partial charge is 0.338 e. The number of pyridine rings is 1. The van der Waals surface area contributed by atoms with Crippen molar-refractivity contribution in [3.05, 3.63) is 42.4 Å². The first-order chi connectivity index (χ1) is 12.3. The van der Waals surface area contributed by atoms with Gasteiger partial charge in [0.2, 0.25) is 0 Å². The zero-order valence-corrected chi connectivity index (χ0v) is 14.4. The molecule has 0 aromatic carbocycles. The van der Waals surface area contributed by atoms with Crippen LogP contribution in [0.3, 0.4) is 0 Å². The maximum atomic E-state index is 12.1. The highest BCUT2D eigenvalue weighted by molar-refractivity contribution is 5.73. The quantitative estimate of drug-likeness (QED) is 0.850. The Balaban J connectivity index is 1.24. The van der Waals surface area contributed by atoms with Gasteiger partial charge in [-0.25, -0.2) is 14.5 Å². The van der Waals surface area contributed by atoms with Crippen molar-refractivity contribution in [2.24, 2.45) is 17.8 Å². The Bertz CT molecular complexity index is 714. The number of fused-ring (bicyclic) bond motifs is 2. The van der Waals surface area contributed by atoms with Gasteiger partial charge < -0.3 is 10.6 Å². The standard InChI is InChI=1S/C19H25N5O/c25-19(21-9-6-16-12-14-4-5-15(16)11-14)22-13-17-3-1-7-20-18(17)24-10-2-8-23-24/h1-3,7-8,10,14-16H,4-6,9,11-13H2,(H2,21,22,25). The molecule has 3 atom stereocenters. The molecule has 2 bridgehead atoms. The third-order valence-corrected chi connectivity index (χ3v) is 5.71. The van der Waals surface area contributed by atoms with E-state index >= 15 is 0 Å². The lowest BCUT2D eigenvalue weighted by Crippen LogP contribution is -2.36. The van der Waals surface area contributed by atoms with Gasteiger partial charge in [-0.2, -0.15) is 5.10 Å². The van der Waals surface area contributed by atoms with E-state index in [0.29, 0.717) is 6.54 Å². The van der Waals surface area contributed by atoms with E-state index in [2.05, 4.69) is 20.7 Å². The van der Waals surface area contributed by atoms with E-state index in [-0.39, 0.29) is 6.03 Å². The van der Waals surface area contributed by atoms with Crippen LogP contribution in [0.4, 0.5) is 4.79 Å². The van der Waals surface area contributed by atoms with Gasteiger partial charge >= 0.3 is 6.03 Å². The van der Waals surface area contributed by atoms with Crippen LogP contribution in [0.2, 0.25) is 0 Å². The smallest absolute Gasteiger partial charge is 0.315 e. The number of urea groups is 1. The molecule has 2 fully saturated rings. The average Bonchev–Trinajstić information content (AvgIpc) is 3.38. The van der Waals surface area contributed by atoms with Crippen LogP contribution in [-0.2, 0) is 6.54 Å². The lowest BCUT2D eigenvalue weighted by Gasteiger charge is -2.21. The van der Waals surface area contributed by atoms with Crippen LogP contribution >= 0.6 is 0 Å². The molecule has 3 unspecified atom stereocenters. The van der Waals surface area contributed by atoms with Crippen LogP contribution in [-0.4, -0.2) is 27.3 Å². The number of carbonyl (C=O) groups excluding carboxylic acids is 1. The van der Waals surface area contributed by atoms with Gasteiger partial charge in [0.05, 0.1) is 0 Å². The van der Waals surface area contributed by atoms with E-state index < -0.39 is 0 Å². The number of hydrogen-bond acceptors (Lipinski definition) is 3. The van der Waals surface area contributed by atoms with E-state index in [1.807, 2.05) is 24.4 Å². The average molecular weight is 339 g/mol. The second kappa shape index (κ2) is 7.25. The molecule has 2 amide bonds. The van der Waals surface area contributed by atoms with Gasteiger partial charge in [0.15, 0.2) is 5.82 Å². The van der Waals surface area contributed by atoms with E-state index in [0.717, 1.165) is 42.1 Å². The molecule has 2 aliphatic rings. The van der Waals surface area contributed by atoms with Gasteiger partial charge in [-0.15, -0.1) is 0 Å². The molecule has 2 aliphatic carbocycles. The van der Waals surface area contributed by atoms with Crippen LogP contribution in [0.1, 0.15) is 37.7 Å². The first-order valence-corrected chi connectivity index (χ1v) is 9.25. The highest BCUT2D eigenvalue weighted by atomic mass is 16.2. The minimum Gasteiger partial charge on any atom is -0.338 e. The lowest BCUT2D eigenvalue weighted by molar-refractivity contribution is 0.237. The summed E-state index contributed by atoms with van der Waals surface area (Å²) in [6.45, 7) is 1.20. The number of aromatic nitrogens is 3. The number of hydrogen-bond donors (Lipinski definition) is 2. The topological polar surface area (TPSA) is 71.8 Å². The van der Waals surface area contributed by atoms with Crippen LogP contribution < -0.4 is 10.6 Å². The fourth-order valence-corrected chi connectivity index (χ4v) is 4.51. The summed E-state index contributed by atoms with van der Waals surface area (Å²) in [5, 5.41) is 10.1. The SMILES string of the molecule is O=C(NCCC1CC2CCC1C2)NCc1cccnc1-n1cccn1. The van der Waals surface area contributed by atoms with Gasteiger partial charge in [-0.1, -0.05) is 12.5 Å². The Morgan fingerprint density at radius 3 is 2.92 bits per heavy atom. The van der Waals surface area contributed by atoms with Crippen LogP contribution in [0.15, 0.2) is 36.8 Å². The van der Waals surface area contributed by atoms with Crippen molar-refractivity contribution in [1.29, 1.82) is 0 Å². The zero-order valence-electron chi connectivity index (χ0n) is 14.4. The van der Waals surface area contributed by atoms with Crippen molar-refractivity contribution in [3.8, 4) is 5.82 Å². The zero-order chi connectivity index (χ0) is 17.1. The predicted octanol–water partition coefficient (Wildman–Crippen LogP) is 2.89. The van der Waals surface area contributed by atoms with Crippen molar-refractivity contribution in [2.45, 2.75) is 38.6 Å². The molecule has 25 heavy (non-hydrogen) atoms. The van der Waals surface area contributed by atoms with Gasteiger partial charge in [-0.3, -0.25) is 0 Å². The summed E-state index contributed by atoms with van der Waals surface area (Å²) < 4.78 is 1.71. The van der Waals surface area contributed by atoms with Crippen LogP contribution in [0.25, 0.3) is 5.82 Å². The molecule has 2 heterocycles. The Kier molecular flexibility index (Phi) is 4.68. The Morgan fingerprint density at radius 2 is 2.16 bits per heavy atom. The summed E-state index contributed by atoms with van der Waals surface area (Å²) >= 11 is 0. The summed E-state index contributed by atoms with van der Waals surface area (Å²) in [6.07, 6.45) is 12.0. The third kappa shape index (κ3) is 3.67.